The Morgan fingerprint density at radius 3 is 2.14 bits per heavy atom. The van der Waals surface area contributed by atoms with Crippen LogP contribution in [0.1, 0.15) is 49.5 Å². The van der Waals surface area contributed by atoms with E-state index in [9.17, 15) is 5.11 Å². The van der Waals surface area contributed by atoms with Crippen molar-refractivity contribution < 1.29 is 9.84 Å². The minimum atomic E-state index is -0.528. The smallest absolute Gasteiger partial charge is 0.138 e. The van der Waals surface area contributed by atoms with E-state index < -0.39 is 6.10 Å². The summed E-state index contributed by atoms with van der Waals surface area (Å²) in [6, 6.07) is 13.8. The first-order valence-corrected chi connectivity index (χ1v) is 7.54. The van der Waals surface area contributed by atoms with Gasteiger partial charge in [0.15, 0.2) is 0 Å². The third-order valence-electron chi connectivity index (χ3n) is 3.48. The Kier molecular flexibility index (Phi) is 5.27. The molecule has 2 aromatic rings. The monoisotopic (exact) mass is 304 g/mol. The molecule has 1 unspecified atom stereocenters. The van der Waals surface area contributed by atoms with Crippen molar-refractivity contribution >= 4 is 11.6 Å². The number of rotatable bonds is 5. The molecule has 0 aliphatic heterocycles. The summed E-state index contributed by atoms with van der Waals surface area (Å²) in [6.45, 7) is 6.54. The predicted molar refractivity (Wildman–Crippen MR) is 86.9 cm³/mol. The summed E-state index contributed by atoms with van der Waals surface area (Å²) in [4.78, 5) is 0. The Hall–Kier alpha value is -1.51. The molecule has 0 bridgehead atoms. The number of benzene rings is 2. The Bertz CT molecular complexity index is 589. The van der Waals surface area contributed by atoms with Crippen molar-refractivity contribution in [2.45, 2.75) is 39.4 Å². The second kappa shape index (κ2) is 6.97. The van der Waals surface area contributed by atoms with E-state index in [0.29, 0.717) is 23.3 Å². The largest absolute Gasteiger partial charge is 0.487 e. The lowest BCUT2D eigenvalue weighted by Crippen LogP contribution is -1.98. The summed E-state index contributed by atoms with van der Waals surface area (Å²) in [5.41, 5.74) is 3.21. The highest BCUT2D eigenvalue weighted by molar-refractivity contribution is 6.32. The summed E-state index contributed by atoms with van der Waals surface area (Å²) in [6.07, 6.45) is -0.528. The molecule has 0 amide bonds. The van der Waals surface area contributed by atoms with E-state index in [-0.39, 0.29) is 0 Å². The van der Waals surface area contributed by atoms with Gasteiger partial charge in [-0.05, 0) is 41.7 Å². The molecule has 21 heavy (non-hydrogen) atoms. The highest BCUT2D eigenvalue weighted by atomic mass is 35.5. The summed E-state index contributed by atoms with van der Waals surface area (Å²) in [5.74, 6) is 1.16. The van der Waals surface area contributed by atoms with Crippen LogP contribution in [0.4, 0.5) is 0 Å². The third kappa shape index (κ3) is 4.23. The van der Waals surface area contributed by atoms with Gasteiger partial charge in [0.1, 0.15) is 12.4 Å². The van der Waals surface area contributed by atoms with Crippen molar-refractivity contribution in [3.8, 4) is 5.75 Å². The van der Waals surface area contributed by atoms with E-state index in [2.05, 4.69) is 38.1 Å². The Morgan fingerprint density at radius 1 is 1.00 bits per heavy atom. The molecule has 0 aliphatic carbocycles. The lowest BCUT2D eigenvalue weighted by atomic mass is 10.0. The molecule has 1 atom stereocenters. The van der Waals surface area contributed by atoms with E-state index in [1.807, 2.05) is 6.07 Å². The quantitative estimate of drug-likeness (QED) is 0.833. The number of hydrogen-bond acceptors (Lipinski definition) is 2. The van der Waals surface area contributed by atoms with Crippen LogP contribution in [0, 0.1) is 0 Å². The molecule has 3 heteroatoms. The molecule has 0 saturated carbocycles. The summed E-state index contributed by atoms with van der Waals surface area (Å²) in [5, 5.41) is 10.0. The maximum absolute atomic E-state index is 9.52. The first kappa shape index (κ1) is 15.9. The van der Waals surface area contributed by atoms with E-state index in [1.54, 1.807) is 19.1 Å². The molecule has 112 valence electrons. The SMILES string of the molecule is CC(C)c1ccc(COc2ccc(C(C)O)cc2Cl)cc1. The molecule has 2 nitrogen and oxygen atoms in total. The molecule has 1 N–H and O–H groups in total. The van der Waals surface area contributed by atoms with Gasteiger partial charge in [0, 0.05) is 0 Å². The molecule has 0 aromatic heterocycles. The maximum atomic E-state index is 9.52. The summed E-state index contributed by atoms with van der Waals surface area (Å²) >= 11 is 6.17. The van der Waals surface area contributed by atoms with Gasteiger partial charge in [0.05, 0.1) is 11.1 Å². The predicted octanol–water partition coefficient (Wildman–Crippen LogP) is 5.10. The molecule has 0 saturated heterocycles. The van der Waals surface area contributed by atoms with Gasteiger partial charge in [-0.25, -0.2) is 0 Å². The number of halogens is 1. The van der Waals surface area contributed by atoms with E-state index in [4.69, 9.17) is 16.3 Å². The Balaban J connectivity index is 2.02. The lowest BCUT2D eigenvalue weighted by molar-refractivity contribution is 0.199. The Labute approximate surface area is 131 Å². The average molecular weight is 305 g/mol. The van der Waals surface area contributed by atoms with Crippen LogP contribution in [0.3, 0.4) is 0 Å². The van der Waals surface area contributed by atoms with Crippen molar-refractivity contribution in [3.63, 3.8) is 0 Å². The Morgan fingerprint density at radius 2 is 1.62 bits per heavy atom. The van der Waals surface area contributed by atoms with Crippen LogP contribution in [0.5, 0.6) is 5.75 Å². The number of hydrogen-bond donors (Lipinski definition) is 1. The number of aliphatic hydroxyl groups is 1. The second-order valence-electron chi connectivity index (χ2n) is 5.55. The standard InChI is InChI=1S/C18H21ClO2/c1-12(2)15-6-4-14(5-7-15)11-21-18-9-8-16(13(3)20)10-17(18)19/h4-10,12-13,20H,11H2,1-3H3. The van der Waals surface area contributed by atoms with Gasteiger partial charge in [-0.15, -0.1) is 0 Å². The van der Waals surface area contributed by atoms with Gasteiger partial charge in [0.2, 0.25) is 0 Å². The van der Waals surface area contributed by atoms with Gasteiger partial charge in [-0.3, -0.25) is 0 Å². The molecule has 0 radical (unpaired) electrons. The third-order valence-corrected chi connectivity index (χ3v) is 3.77. The first-order valence-electron chi connectivity index (χ1n) is 7.16. The zero-order chi connectivity index (χ0) is 15.4. The van der Waals surface area contributed by atoms with Crippen LogP contribution in [0.25, 0.3) is 0 Å². The van der Waals surface area contributed by atoms with Gasteiger partial charge in [0.25, 0.3) is 0 Å². The molecule has 0 fully saturated rings. The number of aliphatic hydroxyl groups excluding tert-OH is 1. The summed E-state index contributed by atoms with van der Waals surface area (Å²) in [7, 11) is 0. The first-order chi connectivity index (χ1) is 9.97. The van der Waals surface area contributed by atoms with Crippen LogP contribution in [-0.4, -0.2) is 5.11 Å². The van der Waals surface area contributed by atoms with Crippen LogP contribution in [-0.2, 0) is 6.61 Å². The topological polar surface area (TPSA) is 29.5 Å². The molecule has 0 aliphatic rings. The summed E-state index contributed by atoms with van der Waals surface area (Å²) < 4.78 is 5.74. The zero-order valence-corrected chi connectivity index (χ0v) is 13.4. The second-order valence-corrected chi connectivity index (χ2v) is 5.96. The van der Waals surface area contributed by atoms with E-state index in [0.717, 1.165) is 11.1 Å². The van der Waals surface area contributed by atoms with E-state index >= 15 is 0 Å². The zero-order valence-electron chi connectivity index (χ0n) is 12.6. The molecular formula is C18H21ClO2. The average Bonchev–Trinajstić information content (AvgIpc) is 2.46. The minimum absolute atomic E-state index is 0.478. The molecule has 2 aromatic carbocycles. The van der Waals surface area contributed by atoms with Crippen molar-refractivity contribution in [2.75, 3.05) is 0 Å². The fourth-order valence-electron chi connectivity index (χ4n) is 2.05. The fraction of sp³-hybridized carbons (Fsp3) is 0.333. The van der Waals surface area contributed by atoms with E-state index in [1.165, 1.54) is 5.56 Å². The van der Waals surface area contributed by atoms with Crippen LogP contribution >= 0.6 is 11.6 Å². The number of ether oxygens (including phenoxy) is 1. The van der Waals surface area contributed by atoms with Crippen molar-refractivity contribution in [1.82, 2.24) is 0 Å². The van der Waals surface area contributed by atoms with Crippen molar-refractivity contribution in [3.05, 3.63) is 64.2 Å². The van der Waals surface area contributed by atoms with Crippen molar-refractivity contribution in [1.29, 1.82) is 0 Å². The maximum Gasteiger partial charge on any atom is 0.138 e. The fourth-order valence-corrected chi connectivity index (χ4v) is 2.30. The van der Waals surface area contributed by atoms with Gasteiger partial charge >= 0.3 is 0 Å². The normalized spacial score (nSPS) is 12.5. The molecule has 0 heterocycles. The van der Waals surface area contributed by atoms with Gasteiger partial charge in [-0.1, -0.05) is 55.8 Å². The highest BCUT2D eigenvalue weighted by Crippen LogP contribution is 2.28. The van der Waals surface area contributed by atoms with Crippen LogP contribution < -0.4 is 4.74 Å². The van der Waals surface area contributed by atoms with Crippen LogP contribution in [0.15, 0.2) is 42.5 Å². The minimum Gasteiger partial charge on any atom is -0.487 e. The van der Waals surface area contributed by atoms with Crippen molar-refractivity contribution in [2.24, 2.45) is 0 Å². The van der Waals surface area contributed by atoms with Gasteiger partial charge < -0.3 is 9.84 Å². The highest BCUT2D eigenvalue weighted by Gasteiger charge is 2.07. The lowest BCUT2D eigenvalue weighted by Gasteiger charge is -2.11. The van der Waals surface area contributed by atoms with Gasteiger partial charge in [-0.2, -0.15) is 0 Å². The van der Waals surface area contributed by atoms with Crippen LogP contribution in [0.2, 0.25) is 5.02 Å². The molecule has 2 rings (SSSR count). The molecular weight excluding hydrogens is 284 g/mol. The molecule has 0 spiro atoms.